The molecule has 0 saturated carbocycles. The predicted octanol–water partition coefficient (Wildman–Crippen LogP) is 3.07. The fraction of sp³-hybridized carbons (Fsp3) is 0.423. The lowest BCUT2D eigenvalue weighted by Gasteiger charge is -2.32. The van der Waals surface area contributed by atoms with Gasteiger partial charge in [-0.2, -0.15) is 4.98 Å². The molecule has 38 heavy (non-hydrogen) atoms. The summed E-state index contributed by atoms with van der Waals surface area (Å²) >= 11 is 6.40. The van der Waals surface area contributed by atoms with Gasteiger partial charge in [-0.3, -0.25) is 14.4 Å². The molecule has 0 aliphatic carbocycles. The lowest BCUT2D eigenvalue weighted by atomic mass is 10.1. The SMILES string of the molecule is CCCC(=O)NC1CCN(c2ncc(Cl)c(Nc3cc(/C=C(\C=O)OCC(=O)NC)cc(OC)c3)n2)CC1. The van der Waals surface area contributed by atoms with Crippen LogP contribution in [0.1, 0.15) is 38.2 Å². The maximum atomic E-state index is 11.9. The van der Waals surface area contributed by atoms with Crippen LogP contribution in [-0.2, 0) is 19.1 Å². The molecule has 1 aliphatic rings. The molecule has 0 spiro atoms. The van der Waals surface area contributed by atoms with Gasteiger partial charge in [0.2, 0.25) is 11.9 Å². The van der Waals surface area contributed by atoms with E-state index in [1.807, 2.05) is 6.92 Å². The van der Waals surface area contributed by atoms with E-state index in [1.54, 1.807) is 24.4 Å². The minimum Gasteiger partial charge on any atom is -0.497 e. The van der Waals surface area contributed by atoms with Gasteiger partial charge in [0.05, 0.1) is 13.3 Å². The molecule has 11 nitrogen and oxygen atoms in total. The third-order valence-electron chi connectivity index (χ3n) is 5.85. The first-order valence-corrected chi connectivity index (χ1v) is 12.8. The normalized spacial score (nSPS) is 14.0. The molecule has 0 unspecified atom stereocenters. The number of methoxy groups -OCH3 is 1. The fourth-order valence-electron chi connectivity index (χ4n) is 3.88. The molecular formula is C26H33ClN6O5. The van der Waals surface area contributed by atoms with Crippen LogP contribution in [-0.4, -0.2) is 68.0 Å². The second kappa shape index (κ2) is 14.2. The summed E-state index contributed by atoms with van der Waals surface area (Å²) < 4.78 is 10.7. The van der Waals surface area contributed by atoms with E-state index in [-0.39, 0.29) is 30.2 Å². The number of benzene rings is 1. The van der Waals surface area contributed by atoms with Crippen molar-refractivity contribution in [2.75, 3.05) is 44.1 Å². The average molecular weight is 545 g/mol. The summed E-state index contributed by atoms with van der Waals surface area (Å²) in [5.41, 5.74) is 1.21. The minimum absolute atomic E-state index is 0.00977. The lowest BCUT2D eigenvalue weighted by Crippen LogP contribution is -2.45. The number of ether oxygens (including phenoxy) is 2. The number of rotatable bonds is 12. The van der Waals surface area contributed by atoms with Gasteiger partial charge in [-0.05, 0) is 43.0 Å². The molecule has 1 saturated heterocycles. The lowest BCUT2D eigenvalue weighted by molar-refractivity contribution is -0.124. The third-order valence-corrected chi connectivity index (χ3v) is 6.13. The molecular weight excluding hydrogens is 512 g/mol. The highest BCUT2D eigenvalue weighted by Crippen LogP contribution is 2.29. The Morgan fingerprint density at radius 3 is 2.63 bits per heavy atom. The van der Waals surface area contributed by atoms with Crippen molar-refractivity contribution in [3.05, 3.63) is 40.7 Å². The molecule has 2 aromatic rings. The zero-order chi connectivity index (χ0) is 27.5. The van der Waals surface area contributed by atoms with Crippen molar-refractivity contribution in [2.45, 2.75) is 38.6 Å². The van der Waals surface area contributed by atoms with E-state index in [9.17, 15) is 14.4 Å². The summed E-state index contributed by atoms with van der Waals surface area (Å²) in [6.07, 6.45) is 6.54. The summed E-state index contributed by atoms with van der Waals surface area (Å²) in [7, 11) is 3.01. The van der Waals surface area contributed by atoms with E-state index >= 15 is 0 Å². The van der Waals surface area contributed by atoms with Crippen molar-refractivity contribution < 1.29 is 23.9 Å². The van der Waals surface area contributed by atoms with Gasteiger partial charge >= 0.3 is 0 Å². The number of aldehydes is 1. The van der Waals surface area contributed by atoms with Gasteiger partial charge in [0.25, 0.3) is 5.91 Å². The summed E-state index contributed by atoms with van der Waals surface area (Å²) in [6, 6.07) is 5.38. The van der Waals surface area contributed by atoms with Gasteiger partial charge < -0.3 is 30.3 Å². The van der Waals surface area contributed by atoms with Crippen molar-refractivity contribution in [1.29, 1.82) is 0 Å². The second-order valence-corrected chi connectivity index (χ2v) is 9.10. The van der Waals surface area contributed by atoms with Crippen LogP contribution < -0.4 is 25.6 Å². The first-order valence-electron chi connectivity index (χ1n) is 12.4. The third kappa shape index (κ3) is 8.34. The molecule has 0 radical (unpaired) electrons. The van der Waals surface area contributed by atoms with Gasteiger partial charge in [0.15, 0.2) is 24.5 Å². The Balaban J connectivity index is 1.74. The first-order chi connectivity index (χ1) is 18.3. The molecule has 1 aliphatic heterocycles. The largest absolute Gasteiger partial charge is 0.497 e. The number of aromatic nitrogens is 2. The molecule has 12 heteroatoms. The smallest absolute Gasteiger partial charge is 0.257 e. The maximum Gasteiger partial charge on any atom is 0.257 e. The van der Waals surface area contributed by atoms with Gasteiger partial charge in [-0.1, -0.05) is 18.5 Å². The number of amides is 2. The van der Waals surface area contributed by atoms with E-state index < -0.39 is 0 Å². The summed E-state index contributed by atoms with van der Waals surface area (Å²) in [5.74, 6) is 1.19. The highest BCUT2D eigenvalue weighted by atomic mass is 35.5. The van der Waals surface area contributed by atoms with E-state index in [0.717, 1.165) is 19.3 Å². The number of carbonyl (C=O) groups excluding carboxylic acids is 3. The summed E-state index contributed by atoms with van der Waals surface area (Å²) in [4.78, 5) is 45.9. The predicted molar refractivity (Wildman–Crippen MR) is 146 cm³/mol. The van der Waals surface area contributed by atoms with Gasteiger partial charge in [0, 0.05) is 44.4 Å². The van der Waals surface area contributed by atoms with Gasteiger partial charge in [-0.15, -0.1) is 0 Å². The molecule has 3 N–H and O–H groups in total. The number of hydrogen-bond acceptors (Lipinski definition) is 9. The van der Waals surface area contributed by atoms with Crippen LogP contribution in [0.15, 0.2) is 30.2 Å². The molecule has 2 amide bonds. The number of piperidine rings is 1. The average Bonchev–Trinajstić information content (AvgIpc) is 2.92. The number of anilines is 3. The number of nitrogens with zero attached hydrogens (tertiary/aromatic N) is 3. The van der Waals surface area contributed by atoms with E-state index in [1.165, 1.54) is 20.2 Å². The number of halogens is 1. The Labute approximate surface area is 226 Å². The monoisotopic (exact) mass is 544 g/mol. The van der Waals surface area contributed by atoms with Crippen molar-refractivity contribution in [3.63, 3.8) is 0 Å². The molecule has 1 fully saturated rings. The Hall–Kier alpha value is -3.86. The van der Waals surface area contributed by atoms with Crippen molar-refractivity contribution >= 4 is 53.2 Å². The summed E-state index contributed by atoms with van der Waals surface area (Å²) in [6.45, 7) is 3.12. The van der Waals surface area contributed by atoms with E-state index in [0.29, 0.717) is 59.6 Å². The van der Waals surface area contributed by atoms with Crippen LogP contribution >= 0.6 is 11.6 Å². The van der Waals surface area contributed by atoms with Crippen LogP contribution in [0.25, 0.3) is 6.08 Å². The van der Waals surface area contributed by atoms with Crippen molar-refractivity contribution in [3.8, 4) is 5.75 Å². The highest BCUT2D eigenvalue weighted by Gasteiger charge is 2.23. The minimum atomic E-state index is -0.356. The number of hydrogen-bond donors (Lipinski definition) is 3. The molecule has 2 heterocycles. The Kier molecular flexibility index (Phi) is 10.7. The van der Waals surface area contributed by atoms with Gasteiger partial charge in [-0.25, -0.2) is 4.98 Å². The van der Waals surface area contributed by atoms with Crippen LogP contribution in [0.3, 0.4) is 0 Å². The van der Waals surface area contributed by atoms with Crippen LogP contribution in [0.4, 0.5) is 17.5 Å². The number of likely N-dealkylation sites (N-methyl/N-ethyl adjacent to an activating group) is 1. The molecule has 3 rings (SSSR count). The Morgan fingerprint density at radius 1 is 1.21 bits per heavy atom. The fourth-order valence-corrected chi connectivity index (χ4v) is 4.01. The molecule has 0 bridgehead atoms. The van der Waals surface area contributed by atoms with Gasteiger partial charge in [0.1, 0.15) is 10.8 Å². The highest BCUT2D eigenvalue weighted by molar-refractivity contribution is 6.32. The quantitative estimate of drug-likeness (QED) is 0.209. The second-order valence-electron chi connectivity index (χ2n) is 8.69. The summed E-state index contributed by atoms with van der Waals surface area (Å²) in [5, 5.41) is 9.05. The zero-order valence-electron chi connectivity index (χ0n) is 21.8. The Bertz CT molecular complexity index is 1170. The standard InChI is InChI=1S/C26H33ClN6O5/c1-4-5-23(35)30-18-6-8-33(9-7-18)26-29-14-22(27)25(32-26)31-19-10-17(11-20(13-19)37-3)12-21(15-34)38-16-24(36)28-2/h10-15,18H,4-9,16H2,1-3H3,(H,28,36)(H,30,35)(H,29,31,32)/b21-12+. The van der Waals surface area contributed by atoms with Crippen LogP contribution in [0.2, 0.25) is 5.02 Å². The zero-order valence-corrected chi connectivity index (χ0v) is 22.5. The number of nitrogens with one attached hydrogen (secondary N) is 3. The molecule has 1 aromatic carbocycles. The maximum absolute atomic E-state index is 11.9. The topological polar surface area (TPSA) is 135 Å². The van der Waals surface area contributed by atoms with Crippen LogP contribution in [0, 0.1) is 0 Å². The molecule has 1 aromatic heterocycles. The van der Waals surface area contributed by atoms with Crippen molar-refractivity contribution in [1.82, 2.24) is 20.6 Å². The van der Waals surface area contributed by atoms with Crippen molar-refractivity contribution in [2.24, 2.45) is 0 Å². The Morgan fingerprint density at radius 2 is 1.97 bits per heavy atom. The van der Waals surface area contributed by atoms with E-state index in [4.69, 9.17) is 21.1 Å². The number of carbonyl (C=O) groups is 3. The van der Waals surface area contributed by atoms with E-state index in [2.05, 4.69) is 30.8 Å². The molecule has 204 valence electrons. The number of allylic oxidation sites excluding steroid dienone is 1. The molecule has 0 atom stereocenters. The first kappa shape index (κ1) is 28.7. The van der Waals surface area contributed by atoms with Crippen LogP contribution in [0.5, 0.6) is 5.75 Å².